The monoisotopic (exact) mass is 312 g/mol. The number of nitrogens with one attached hydrogen (secondary N) is 1. The predicted molar refractivity (Wildman–Crippen MR) is 87.0 cm³/mol. The van der Waals surface area contributed by atoms with Crippen molar-refractivity contribution in [2.24, 2.45) is 5.10 Å². The highest BCUT2D eigenvalue weighted by Crippen LogP contribution is 2.17. The van der Waals surface area contributed by atoms with Crippen LogP contribution in [-0.2, 0) is 0 Å². The molecule has 3 aromatic rings. The van der Waals surface area contributed by atoms with Gasteiger partial charge in [-0.15, -0.1) is 0 Å². The summed E-state index contributed by atoms with van der Waals surface area (Å²) in [6, 6.07) is 13.9. The Kier molecular flexibility index (Phi) is 3.93. The van der Waals surface area contributed by atoms with Gasteiger partial charge >= 0.3 is 0 Å². The Bertz CT molecular complexity index is 878. The summed E-state index contributed by atoms with van der Waals surface area (Å²) in [5.74, 6) is 0.239. The highest BCUT2D eigenvalue weighted by molar-refractivity contribution is 7.71. The summed E-state index contributed by atoms with van der Waals surface area (Å²) in [5, 5.41) is 11.3. The van der Waals surface area contributed by atoms with E-state index >= 15 is 0 Å². The summed E-state index contributed by atoms with van der Waals surface area (Å²) in [6.07, 6.45) is 1.73. The van der Waals surface area contributed by atoms with Gasteiger partial charge in [-0.05, 0) is 54.5 Å². The van der Waals surface area contributed by atoms with Crippen molar-refractivity contribution >= 4 is 18.4 Å². The fraction of sp³-hybridized carbons (Fsp3) is 0.0625. The number of H-pyrrole nitrogens is 1. The number of hydrogen-bond donors (Lipinski definition) is 1. The number of aromatic amines is 1. The number of aryl methyl sites for hydroxylation is 1. The summed E-state index contributed by atoms with van der Waals surface area (Å²) in [6.45, 7) is 2.01. The zero-order valence-electron chi connectivity index (χ0n) is 11.8. The smallest absolute Gasteiger partial charge is 0.216 e. The third-order valence-corrected chi connectivity index (χ3v) is 3.52. The van der Waals surface area contributed by atoms with Gasteiger partial charge in [0.25, 0.3) is 0 Å². The van der Waals surface area contributed by atoms with Gasteiger partial charge in [-0.3, -0.25) is 0 Å². The Hall–Kier alpha value is -2.60. The molecule has 0 aliphatic rings. The first-order chi connectivity index (χ1) is 10.6. The van der Waals surface area contributed by atoms with E-state index in [2.05, 4.69) is 15.3 Å². The van der Waals surface area contributed by atoms with Crippen LogP contribution in [0.1, 0.15) is 11.1 Å². The van der Waals surface area contributed by atoms with Gasteiger partial charge in [0.1, 0.15) is 5.82 Å². The standard InChI is InChI=1S/C16H13FN4S/c1-11-4-2-3-5-13(11)10-18-21-15(19-20-16(21)22)12-6-8-14(17)9-7-12/h2-10H,1H3,(H,20,22)/b18-10-. The third-order valence-electron chi connectivity index (χ3n) is 3.25. The van der Waals surface area contributed by atoms with Crippen LogP contribution in [0.2, 0.25) is 0 Å². The zero-order valence-corrected chi connectivity index (χ0v) is 12.6. The minimum Gasteiger partial charge on any atom is -0.250 e. The molecule has 6 heteroatoms. The molecule has 0 bridgehead atoms. The average Bonchev–Trinajstić information content (AvgIpc) is 2.88. The SMILES string of the molecule is Cc1ccccc1/C=N\n1c(-c2ccc(F)cc2)n[nH]c1=S. The summed E-state index contributed by atoms with van der Waals surface area (Å²) < 4.78 is 14.9. The van der Waals surface area contributed by atoms with E-state index in [9.17, 15) is 4.39 Å². The molecule has 1 heterocycles. The van der Waals surface area contributed by atoms with Crippen LogP contribution in [0.4, 0.5) is 4.39 Å². The lowest BCUT2D eigenvalue weighted by atomic mass is 10.1. The predicted octanol–water partition coefficient (Wildman–Crippen LogP) is 3.94. The molecule has 0 saturated heterocycles. The van der Waals surface area contributed by atoms with E-state index in [1.165, 1.54) is 16.8 Å². The van der Waals surface area contributed by atoms with Crippen molar-refractivity contribution in [2.75, 3.05) is 0 Å². The maximum Gasteiger partial charge on any atom is 0.216 e. The summed E-state index contributed by atoms with van der Waals surface area (Å²) >= 11 is 5.20. The van der Waals surface area contributed by atoms with E-state index in [0.717, 1.165) is 16.7 Å². The van der Waals surface area contributed by atoms with Crippen LogP contribution in [-0.4, -0.2) is 21.1 Å². The number of rotatable bonds is 3. The van der Waals surface area contributed by atoms with Crippen LogP contribution < -0.4 is 0 Å². The van der Waals surface area contributed by atoms with E-state index < -0.39 is 0 Å². The Morgan fingerprint density at radius 1 is 1.18 bits per heavy atom. The van der Waals surface area contributed by atoms with Gasteiger partial charge in [0.2, 0.25) is 4.77 Å². The van der Waals surface area contributed by atoms with Crippen molar-refractivity contribution in [2.45, 2.75) is 6.92 Å². The topological polar surface area (TPSA) is 46.0 Å². The molecule has 0 radical (unpaired) electrons. The second-order valence-electron chi connectivity index (χ2n) is 4.77. The molecule has 0 fully saturated rings. The molecule has 0 atom stereocenters. The second kappa shape index (κ2) is 6.03. The lowest BCUT2D eigenvalue weighted by molar-refractivity contribution is 0.628. The highest BCUT2D eigenvalue weighted by Gasteiger charge is 2.08. The Morgan fingerprint density at radius 3 is 2.64 bits per heavy atom. The molecule has 1 aromatic heterocycles. The van der Waals surface area contributed by atoms with Crippen molar-refractivity contribution < 1.29 is 4.39 Å². The van der Waals surface area contributed by atoms with E-state index in [4.69, 9.17) is 12.2 Å². The quantitative estimate of drug-likeness (QED) is 0.588. The van der Waals surface area contributed by atoms with Crippen LogP contribution in [0.5, 0.6) is 0 Å². The van der Waals surface area contributed by atoms with E-state index in [1.807, 2.05) is 31.2 Å². The van der Waals surface area contributed by atoms with Crippen LogP contribution in [0.25, 0.3) is 11.4 Å². The summed E-state index contributed by atoms with van der Waals surface area (Å²) in [7, 11) is 0. The molecular formula is C16H13FN4S. The molecule has 22 heavy (non-hydrogen) atoms. The largest absolute Gasteiger partial charge is 0.250 e. The third kappa shape index (κ3) is 2.87. The van der Waals surface area contributed by atoms with E-state index in [1.54, 1.807) is 18.3 Å². The molecule has 3 rings (SSSR count). The molecule has 2 aromatic carbocycles. The first-order valence-electron chi connectivity index (χ1n) is 6.68. The maximum atomic E-state index is 13.0. The summed E-state index contributed by atoms with van der Waals surface area (Å²) in [4.78, 5) is 0. The highest BCUT2D eigenvalue weighted by atomic mass is 32.1. The first-order valence-corrected chi connectivity index (χ1v) is 7.09. The number of benzene rings is 2. The zero-order chi connectivity index (χ0) is 15.5. The Morgan fingerprint density at radius 2 is 1.91 bits per heavy atom. The molecule has 0 spiro atoms. The summed E-state index contributed by atoms with van der Waals surface area (Å²) in [5.41, 5.74) is 2.84. The molecule has 0 amide bonds. The minimum atomic E-state index is -0.298. The van der Waals surface area contributed by atoms with Crippen molar-refractivity contribution in [3.8, 4) is 11.4 Å². The van der Waals surface area contributed by atoms with Gasteiger partial charge < -0.3 is 0 Å². The van der Waals surface area contributed by atoms with Crippen molar-refractivity contribution in [3.05, 3.63) is 70.2 Å². The Labute approximate surface area is 131 Å². The van der Waals surface area contributed by atoms with E-state index in [0.29, 0.717) is 10.6 Å². The molecule has 0 saturated carbocycles. The second-order valence-corrected chi connectivity index (χ2v) is 5.16. The Balaban J connectivity index is 2.01. The molecule has 0 aliphatic heterocycles. The van der Waals surface area contributed by atoms with Crippen molar-refractivity contribution in [3.63, 3.8) is 0 Å². The number of nitrogens with zero attached hydrogens (tertiary/aromatic N) is 3. The van der Waals surface area contributed by atoms with Crippen LogP contribution in [0.15, 0.2) is 53.6 Å². The van der Waals surface area contributed by atoms with Crippen LogP contribution >= 0.6 is 12.2 Å². The number of halogens is 1. The van der Waals surface area contributed by atoms with Crippen LogP contribution in [0, 0.1) is 17.5 Å². The van der Waals surface area contributed by atoms with Gasteiger partial charge in [0, 0.05) is 5.56 Å². The first kappa shape index (κ1) is 14.3. The molecule has 110 valence electrons. The van der Waals surface area contributed by atoms with Gasteiger partial charge in [-0.1, -0.05) is 24.3 Å². The normalized spacial score (nSPS) is 11.2. The van der Waals surface area contributed by atoms with Gasteiger partial charge in [-0.25, -0.2) is 9.49 Å². The maximum absolute atomic E-state index is 13.0. The van der Waals surface area contributed by atoms with E-state index in [-0.39, 0.29) is 5.82 Å². The molecule has 4 nitrogen and oxygen atoms in total. The molecule has 0 unspecified atom stereocenters. The van der Waals surface area contributed by atoms with Gasteiger partial charge in [0.05, 0.1) is 6.21 Å². The van der Waals surface area contributed by atoms with Crippen molar-refractivity contribution in [1.29, 1.82) is 0 Å². The number of hydrogen-bond acceptors (Lipinski definition) is 3. The fourth-order valence-corrected chi connectivity index (χ4v) is 2.22. The molecule has 1 N–H and O–H groups in total. The number of aromatic nitrogens is 3. The van der Waals surface area contributed by atoms with Gasteiger partial charge in [-0.2, -0.15) is 14.9 Å². The van der Waals surface area contributed by atoms with Gasteiger partial charge in [0.15, 0.2) is 5.82 Å². The lowest BCUT2D eigenvalue weighted by Gasteiger charge is -2.02. The minimum absolute atomic E-state index is 0.298. The average molecular weight is 312 g/mol. The molecule has 0 aliphatic carbocycles. The lowest BCUT2D eigenvalue weighted by Crippen LogP contribution is -1.96. The van der Waals surface area contributed by atoms with Crippen molar-refractivity contribution in [1.82, 2.24) is 14.9 Å². The molecular weight excluding hydrogens is 299 g/mol. The van der Waals surface area contributed by atoms with Crippen LogP contribution in [0.3, 0.4) is 0 Å². The fourth-order valence-electron chi connectivity index (χ4n) is 2.04.